The van der Waals surface area contributed by atoms with Crippen molar-refractivity contribution in [3.8, 4) is 23.0 Å². The van der Waals surface area contributed by atoms with Gasteiger partial charge in [0.1, 0.15) is 23.0 Å². The van der Waals surface area contributed by atoms with Gasteiger partial charge in [0.2, 0.25) is 5.24 Å². The average Bonchev–Trinajstić information content (AvgIpc) is 3.19. The highest BCUT2D eigenvalue weighted by Crippen LogP contribution is 2.34. The first-order valence-electron chi connectivity index (χ1n) is 17.6. The standard InChI is InChI=1S/C18H15F3O2.C11H12O2.C7H4F3I.C7H9NO.C3H3ClO/c1-3-15(22)9-13-8-7-12(2)17(10-13)23-16-6-4-5-14(11-16)18(19,20)21;1-3-10(12)6-9-5-4-8(2)11(13)7-9;8-7(9,10)5-2-1-3-6(11)4-5;1-5-2-3-6(8)4-7(5)9;1-2-3(4)5/h3-8,10-11H,1,9H2,2H3;3-5,7,13H,1,6H2,2H3;1-4H;2-4,9H,8H2,1H3;2H,1H2. The van der Waals surface area contributed by atoms with E-state index in [0.29, 0.717) is 27.0 Å². The van der Waals surface area contributed by atoms with Crippen LogP contribution in [0.1, 0.15) is 38.9 Å². The lowest BCUT2D eigenvalue weighted by atomic mass is 10.1. The molecule has 0 atom stereocenters. The maximum atomic E-state index is 12.7. The number of phenols is 2. The maximum Gasteiger partial charge on any atom is 0.416 e. The molecule has 0 saturated heterocycles. The number of ether oxygens (including phenoxy) is 1. The number of carbonyl (C=O) groups excluding carboxylic acids is 3. The summed E-state index contributed by atoms with van der Waals surface area (Å²) >= 11 is 6.55. The number of hydrogen-bond donors (Lipinski definition) is 3. The minimum absolute atomic E-state index is 0.0387. The van der Waals surface area contributed by atoms with Crippen LogP contribution in [-0.2, 0) is 39.6 Å². The van der Waals surface area contributed by atoms with Gasteiger partial charge in [-0.3, -0.25) is 14.4 Å². The number of benzene rings is 5. The number of carbonyl (C=O) groups is 3. The second-order valence-electron chi connectivity index (χ2n) is 12.6. The van der Waals surface area contributed by atoms with Gasteiger partial charge in [-0.1, -0.05) is 62.2 Å². The highest BCUT2D eigenvalue weighted by Gasteiger charge is 2.31. The number of hydrogen-bond acceptors (Lipinski definition) is 7. The van der Waals surface area contributed by atoms with Crippen LogP contribution in [-0.4, -0.2) is 27.0 Å². The third-order valence-electron chi connectivity index (χ3n) is 7.67. The summed E-state index contributed by atoms with van der Waals surface area (Å²) in [5.41, 5.74) is 8.55. The van der Waals surface area contributed by atoms with Crippen molar-refractivity contribution < 1.29 is 55.7 Å². The fraction of sp³-hybridized carbons (Fsp3) is 0.152. The number of nitrogen functional groups attached to an aromatic ring is 1. The van der Waals surface area contributed by atoms with E-state index < -0.39 is 28.7 Å². The summed E-state index contributed by atoms with van der Waals surface area (Å²) < 4.78 is 80.2. The lowest BCUT2D eigenvalue weighted by Crippen LogP contribution is -2.04. The van der Waals surface area contributed by atoms with E-state index in [-0.39, 0.29) is 35.2 Å². The van der Waals surface area contributed by atoms with Gasteiger partial charge in [0.05, 0.1) is 11.1 Å². The molecule has 5 aromatic rings. The molecule has 5 rings (SSSR count). The molecule has 0 fully saturated rings. The van der Waals surface area contributed by atoms with Crippen molar-refractivity contribution >= 4 is 56.7 Å². The minimum atomic E-state index is -4.42. The van der Waals surface area contributed by atoms with Crippen LogP contribution < -0.4 is 10.5 Å². The molecule has 0 saturated carbocycles. The smallest absolute Gasteiger partial charge is 0.416 e. The number of nitrogens with two attached hydrogens (primary N) is 1. The first-order chi connectivity index (χ1) is 28.4. The van der Waals surface area contributed by atoms with E-state index in [0.717, 1.165) is 52.6 Å². The maximum absolute atomic E-state index is 12.7. The molecule has 0 aromatic heterocycles. The van der Waals surface area contributed by atoms with Crippen LogP contribution in [0.4, 0.5) is 32.0 Å². The molecular formula is C46H43ClF6INO6. The predicted octanol–water partition coefficient (Wildman–Crippen LogP) is 12.6. The van der Waals surface area contributed by atoms with Crippen LogP contribution >= 0.6 is 34.2 Å². The van der Waals surface area contributed by atoms with E-state index in [1.807, 2.05) is 42.5 Å². The number of allylic oxidation sites excluding steroid dienone is 3. The number of phenolic OH excluding ortho intramolecular Hbond substituents is 2. The topological polar surface area (TPSA) is 127 Å². The van der Waals surface area contributed by atoms with Crippen molar-refractivity contribution in [3.05, 3.63) is 184 Å². The Morgan fingerprint density at radius 2 is 1.10 bits per heavy atom. The molecular weight excluding hydrogens is 939 g/mol. The van der Waals surface area contributed by atoms with E-state index in [4.69, 9.17) is 27.2 Å². The minimum Gasteiger partial charge on any atom is -0.508 e. The van der Waals surface area contributed by atoms with Gasteiger partial charge in [-0.25, -0.2) is 0 Å². The molecule has 15 heteroatoms. The first-order valence-corrected chi connectivity index (χ1v) is 19.1. The van der Waals surface area contributed by atoms with Gasteiger partial charge in [0, 0.05) is 28.2 Å². The second kappa shape index (κ2) is 25.7. The largest absolute Gasteiger partial charge is 0.508 e. The molecule has 0 unspecified atom stereocenters. The molecule has 0 spiro atoms. The summed E-state index contributed by atoms with van der Waals surface area (Å²) in [6.07, 6.45) is -4.61. The monoisotopic (exact) mass is 981 g/mol. The molecule has 4 N–H and O–H groups in total. The summed E-state index contributed by atoms with van der Waals surface area (Å²) in [6.45, 7) is 15.3. The summed E-state index contributed by atoms with van der Waals surface area (Å²) in [5, 5.41) is 17.9. The fourth-order valence-corrected chi connectivity index (χ4v) is 4.87. The third-order valence-corrected chi connectivity index (χ3v) is 8.50. The quantitative estimate of drug-likeness (QED) is 0.0441. The van der Waals surface area contributed by atoms with Crippen LogP contribution in [0.5, 0.6) is 23.0 Å². The average molecular weight is 982 g/mol. The van der Waals surface area contributed by atoms with Gasteiger partial charge in [0.15, 0.2) is 11.6 Å². The Hall–Kier alpha value is -5.87. The first kappa shape index (κ1) is 53.1. The van der Waals surface area contributed by atoms with E-state index in [1.165, 1.54) is 36.4 Å². The number of aromatic hydroxyl groups is 2. The van der Waals surface area contributed by atoms with Crippen molar-refractivity contribution in [3.63, 3.8) is 0 Å². The van der Waals surface area contributed by atoms with Crippen LogP contribution in [0.15, 0.2) is 141 Å². The Balaban J connectivity index is 0.000000417. The Morgan fingerprint density at radius 1 is 0.656 bits per heavy atom. The Bertz CT molecular complexity index is 2290. The molecule has 0 radical (unpaired) electrons. The van der Waals surface area contributed by atoms with Crippen LogP contribution in [0.3, 0.4) is 0 Å². The van der Waals surface area contributed by atoms with Gasteiger partial charge in [-0.15, -0.1) is 0 Å². The third kappa shape index (κ3) is 21.3. The summed E-state index contributed by atoms with van der Waals surface area (Å²) in [6, 6.07) is 25.3. The second-order valence-corrected chi connectivity index (χ2v) is 14.2. The van der Waals surface area contributed by atoms with E-state index in [9.17, 15) is 45.8 Å². The van der Waals surface area contributed by atoms with E-state index >= 15 is 0 Å². The van der Waals surface area contributed by atoms with Gasteiger partial charge in [-0.2, -0.15) is 26.3 Å². The summed E-state index contributed by atoms with van der Waals surface area (Å²) in [5.74, 6) is 0.820. The van der Waals surface area contributed by atoms with Crippen LogP contribution in [0, 0.1) is 24.3 Å². The molecule has 0 aliphatic rings. The predicted molar refractivity (Wildman–Crippen MR) is 236 cm³/mol. The zero-order valence-electron chi connectivity index (χ0n) is 33.2. The number of ketones is 2. The lowest BCUT2D eigenvalue weighted by molar-refractivity contribution is -0.138. The molecule has 324 valence electrons. The molecule has 7 nitrogen and oxygen atoms in total. The molecule has 0 aliphatic carbocycles. The molecule has 0 bridgehead atoms. The van der Waals surface area contributed by atoms with Crippen molar-refractivity contribution in [1.29, 1.82) is 0 Å². The van der Waals surface area contributed by atoms with Gasteiger partial charge < -0.3 is 20.7 Å². The van der Waals surface area contributed by atoms with Gasteiger partial charge in [0.25, 0.3) is 0 Å². The van der Waals surface area contributed by atoms with Crippen LogP contribution in [0.2, 0.25) is 0 Å². The summed E-state index contributed by atoms with van der Waals surface area (Å²) in [4.78, 5) is 31.8. The van der Waals surface area contributed by atoms with Crippen molar-refractivity contribution in [2.24, 2.45) is 0 Å². The Kier molecular flexibility index (Phi) is 22.4. The zero-order valence-corrected chi connectivity index (χ0v) is 36.1. The van der Waals surface area contributed by atoms with E-state index in [2.05, 4.69) is 19.7 Å². The molecule has 0 heterocycles. The Morgan fingerprint density at radius 3 is 1.51 bits per heavy atom. The highest BCUT2D eigenvalue weighted by molar-refractivity contribution is 14.1. The van der Waals surface area contributed by atoms with Gasteiger partial charge in [-0.05, 0) is 156 Å². The Labute approximate surface area is 369 Å². The fourth-order valence-electron chi connectivity index (χ4n) is 4.33. The van der Waals surface area contributed by atoms with Crippen molar-refractivity contribution in [2.45, 2.75) is 46.0 Å². The SMILES string of the molecule is C=CC(=O)Cc1ccc(C)c(O)c1.C=CC(=O)Cc1ccc(C)c(Oc2cccc(C(F)(F)F)c2)c1.C=CC(=O)Cl.Cc1ccc(N)cc1O.FC(F)(F)c1cccc(I)c1. The van der Waals surface area contributed by atoms with Crippen molar-refractivity contribution in [1.82, 2.24) is 0 Å². The number of halogens is 8. The normalized spacial score (nSPS) is 10.3. The molecule has 61 heavy (non-hydrogen) atoms. The highest BCUT2D eigenvalue weighted by atomic mass is 127. The van der Waals surface area contributed by atoms with Crippen LogP contribution in [0.25, 0.3) is 0 Å². The number of alkyl halides is 6. The molecule has 0 amide bonds. The molecule has 5 aromatic carbocycles. The summed E-state index contributed by atoms with van der Waals surface area (Å²) in [7, 11) is 0. The zero-order chi connectivity index (χ0) is 46.5. The number of anilines is 1. The number of aryl methyl sites for hydroxylation is 3. The van der Waals surface area contributed by atoms with Crippen molar-refractivity contribution in [2.75, 3.05) is 5.73 Å². The molecule has 0 aliphatic heterocycles. The lowest BCUT2D eigenvalue weighted by Gasteiger charge is -2.12. The van der Waals surface area contributed by atoms with E-state index in [1.54, 1.807) is 55.5 Å². The van der Waals surface area contributed by atoms with Gasteiger partial charge >= 0.3 is 12.4 Å². The number of rotatable bonds is 9.